The summed E-state index contributed by atoms with van der Waals surface area (Å²) in [6, 6.07) is 25.0. The molecule has 0 amide bonds. The SMILES string of the molecule is Cc1ccc(S(=O)(=O)/C(C#N)=C/c2cccc(OCc3ccccc3)c2)cc1. The average Bonchev–Trinajstić information content (AvgIpc) is 2.72. The second kappa shape index (κ2) is 8.55. The Hall–Kier alpha value is -3.36. The zero-order valence-corrected chi connectivity index (χ0v) is 16.2. The Balaban J connectivity index is 1.84. The third-order valence-electron chi connectivity index (χ3n) is 4.14. The number of sulfone groups is 1. The maximum absolute atomic E-state index is 12.8. The van der Waals surface area contributed by atoms with Gasteiger partial charge in [-0.1, -0.05) is 60.2 Å². The Morgan fingerprint density at radius 2 is 1.71 bits per heavy atom. The van der Waals surface area contributed by atoms with E-state index in [9.17, 15) is 13.7 Å². The molecule has 0 aliphatic carbocycles. The molecule has 0 aromatic heterocycles. The number of ether oxygens (including phenoxy) is 1. The largest absolute Gasteiger partial charge is 0.489 e. The summed E-state index contributed by atoms with van der Waals surface area (Å²) in [5.41, 5.74) is 2.56. The molecule has 0 aliphatic heterocycles. The van der Waals surface area contributed by atoms with E-state index in [-0.39, 0.29) is 9.80 Å². The van der Waals surface area contributed by atoms with E-state index in [1.54, 1.807) is 36.4 Å². The van der Waals surface area contributed by atoms with Crippen molar-refractivity contribution in [2.75, 3.05) is 0 Å². The van der Waals surface area contributed by atoms with Crippen molar-refractivity contribution in [2.45, 2.75) is 18.4 Å². The summed E-state index contributed by atoms with van der Waals surface area (Å²) in [5.74, 6) is 0.600. The van der Waals surface area contributed by atoms with Crippen LogP contribution in [0, 0.1) is 18.3 Å². The summed E-state index contributed by atoms with van der Waals surface area (Å²) < 4.78 is 31.3. The van der Waals surface area contributed by atoms with E-state index in [0.717, 1.165) is 11.1 Å². The molecule has 3 aromatic carbocycles. The van der Waals surface area contributed by atoms with Crippen molar-refractivity contribution in [3.05, 3.63) is 100 Å². The standard InChI is InChI=1S/C23H19NO3S/c1-18-10-12-22(13-11-18)28(25,26)23(16-24)15-20-8-5-9-21(14-20)27-17-19-6-3-2-4-7-19/h2-15H,17H2,1H3/b23-15+. The van der Waals surface area contributed by atoms with E-state index >= 15 is 0 Å². The zero-order chi connectivity index (χ0) is 20.0. The summed E-state index contributed by atoms with van der Waals surface area (Å²) in [7, 11) is -3.88. The van der Waals surface area contributed by atoms with Gasteiger partial charge in [0, 0.05) is 0 Å². The van der Waals surface area contributed by atoms with Gasteiger partial charge in [-0.25, -0.2) is 8.42 Å². The zero-order valence-electron chi connectivity index (χ0n) is 15.4. The van der Waals surface area contributed by atoms with E-state index in [2.05, 4.69) is 0 Å². The van der Waals surface area contributed by atoms with E-state index in [4.69, 9.17) is 4.74 Å². The first-order valence-electron chi connectivity index (χ1n) is 8.69. The minimum atomic E-state index is -3.88. The van der Waals surface area contributed by atoms with Crippen LogP contribution < -0.4 is 4.74 Å². The van der Waals surface area contributed by atoms with Crippen LogP contribution in [0.4, 0.5) is 0 Å². The lowest BCUT2D eigenvalue weighted by Crippen LogP contribution is -2.03. The minimum Gasteiger partial charge on any atom is -0.489 e. The van der Waals surface area contributed by atoms with Gasteiger partial charge in [0.05, 0.1) is 4.90 Å². The molecular formula is C23H19NO3S. The number of benzene rings is 3. The molecule has 5 heteroatoms. The van der Waals surface area contributed by atoms with Crippen molar-refractivity contribution in [3.63, 3.8) is 0 Å². The molecule has 3 aromatic rings. The van der Waals surface area contributed by atoms with E-state index < -0.39 is 9.84 Å². The van der Waals surface area contributed by atoms with Crippen molar-refractivity contribution in [1.82, 2.24) is 0 Å². The summed E-state index contributed by atoms with van der Waals surface area (Å²) in [6.07, 6.45) is 1.37. The number of hydrogen-bond donors (Lipinski definition) is 0. The molecule has 0 saturated carbocycles. The predicted octanol–water partition coefficient (Wildman–Crippen LogP) is 4.91. The predicted molar refractivity (Wildman–Crippen MR) is 109 cm³/mol. The van der Waals surface area contributed by atoms with Crippen LogP contribution >= 0.6 is 0 Å². The Bertz CT molecular complexity index is 1130. The number of aryl methyl sites for hydroxylation is 1. The highest BCUT2D eigenvalue weighted by molar-refractivity contribution is 7.95. The number of hydrogen-bond acceptors (Lipinski definition) is 4. The van der Waals surface area contributed by atoms with Gasteiger partial charge in [0.1, 0.15) is 23.3 Å². The number of rotatable bonds is 6. The van der Waals surface area contributed by atoms with E-state index in [1.807, 2.05) is 43.3 Å². The second-order valence-electron chi connectivity index (χ2n) is 6.28. The smallest absolute Gasteiger partial charge is 0.216 e. The fourth-order valence-electron chi connectivity index (χ4n) is 2.60. The van der Waals surface area contributed by atoms with Crippen molar-refractivity contribution in [3.8, 4) is 11.8 Å². The first-order chi connectivity index (χ1) is 13.5. The van der Waals surface area contributed by atoms with Crippen LogP contribution in [0.1, 0.15) is 16.7 Å². The first kappa shape index (κ1) is 19.4. The van der Waals surface area contributed by atoms with Gasteiger partial charge >= 0.3 is 0 Å². The fourth-order valence-corrected chi connectivity index (χ4v) is 3.76. The maximum atomic E-state index is 12.8. The van der Waals surface area contributed by atoms with E-state index in [1.165, 1.54) is 18.2 Å². The lowest BCUT2D eigenvalue weighted by Gasteiger charge is -2.07. The highest BCUT2D eigenvalue weighted by Crippen LogP contribution is 2.23. The molecule has 0 fully saturated rings. The molecule has 3 rings (SSSR count). The van der Waals surface area contributed by atoms with Gasteiger partial charge in [-0.2, -0.15) is 5.26 Å². The van der Waals surface area contributed by atoms with Gasteiger partial charge in [0.2, 0.25) is 9.84 Å². The van der Waals surface area contributed by atoms with Crippen LogP contribution in [-0.4, -0.2) is 8.42 Å². The van der Waals surface area contributed by atoms with Crippen LogP contribution in [0.15, 0.2) is 88.7 Å². The van der Waals surface area contributed by atoms with Crippen LogP contribution in [0.5, 0.6) is 5.75 Å². The van der Waals surface area contributed by atoms with E-state index in [0.29, 0.717) is 17.9 Å². The number of nitrogens with zero attached hydrogens (tertiary/aromatic N) is 1. The van der Waals surface area contributed by atoms with Crippen molar-refractivity contribution < 1.29 is 13.2 Å². The van der Waals surface area contributed by atoms with Crippen molar-refractivity contribution in [1.29, 1.82) is 5.26 Å². The fraction of sp³-hybridized carbons (Fsp3) is 0.0870. The molecule has 0 bridgehead atoms. The molecule has 4 nitrogen and oxygen atoms in total. The number of nitriles is 1. The molecule has 0 atom stereocenters. The van der Waals surface area contributed by atoms with Crippen molar-refractivity contribution in [2.24, 2.45) is 0 Å². The summed E-state index contributed by atoms with van der Waals surface area (Å²) in [5, 5.41) is 9.43. The van der Waals surface area contributed by atoms with Crippen molar-refractivity contribution >= 4 is 15.9 Å². The third-order valence-corrected chi connectivity index (χ3v) is 5.82. The lowest BCUT2D eigenvalue weighted by atomic mass is 10.2. The molecule has 0 aliphatic rings. The van der Waals surface area contributed by atoms with Crippen LogP contribution in [0.2, 0.25) is 0 Å². The van der Waals surface area contributed by atoms with Crippen LogP contribution in [0.3, 0.4) is 0 Å². The normalized spacial score (nSPS) is 11.6. The van der Waals surface area contributed by atoms with Gasteiger partial charge in [-0.05, 0) is 48.4 Å². The molecule has 0 N–H and O–H groups in total. The van der Waals surface area contributed by atoms with Gasteiger partial charge in [-0.15, -0.1) is 0 Å². The van der Waals surface area contributed by atoms with Gasteiger partial charge < -0.3 is 4.74 Å². The highest BCUT2D eigenvalue weighted by atomic mass is 32.2. The Labute approximate surface area is 165 Å². The monoisotopic (exact) mass is 389 g/mol. The molecule has 0 radical (unpaired) electrons. The molecule has 140 valence electrons. The van der Waals surface area contributed by atoms with Crippen LogP contribution in [0.25, 0.3) is 6.08 Å². The van der Waals surface area contributed by atoms with Gasteiger partial charge in [0.15, 0.2) is 0 Å². The Kier molecular flexibility index (Phi) is 5.93. The molecular weight excluding hydrogens is 370 g/mol. The summed E-state index contributed by atoms with van der Waals surface area (Å²) in [4.78, 5) is -0.209. The quantitative estimate of drug-likeness (QED) is 0.562. The Morgan fingerprint density at radius 1 is 1.00 bits per heavy atom. The van der Waals surface area contributed by atoms with Gasteiger partial charge in [-0.3, -0.25) is 0 Å². The molecule has 0 saturated heterocycles. The molecule has 0 spiro atoms. The maximum Gasteiger partial charge on any atom is 0.216 e. The lowest BCUT2D eigenvalue weighted by molar-refractivity contribution is 0.306. The third kappa shape index (κ3) is 4.67. The average molecular weight is 389 g/mol. The number of allylic oxidation sites excluding steroid dienone is 1. The minimum absolute atomic E-state index is 0.0994. The Morgan fingerprint density at radius 3 is 2.39 bits per heavy atom. The molecule has 0 heterocycles. The highest BCUT2D eigenvalue weighted by Gasteiger charge is 2.20. The first-order valence-corrected chi connectivity index (χ1v) is 10.2. The summed E-state index contributed by atoms with van der Waals surface area (Å²) in [6.45, 7) is 2.28. The molecule has 28 heavy (non-hydrogen) atoms. The van der Waals surface area contributed by atoms with Crippen LogP contribution in [-0.2, 0) is 16.4 Å². The summed E-state index contributed by atoms with van der Waals surface area (Å²) >= 11 is 0. The topological polar surface area (TPSA) is 67.2 Å². The molecule has 0 unspecified atom stereocenters. The second-order valence-corrected chi connectivity index (χ2v) is 8.20. The van der Waals surface area contributed by atoms with Gasteiger partial charge in [0.25, 0.3) is 0 Å².